The first-order valence-electron chi connectivity index (χ1n) is 6.32. The van der Waals surface area contributed by atoms with Crippen LogP contribution in [0.1, 0.15) is 10.4 Å². The van der Waals surface area contributed by atoms with Gasteiger partial charge in [-0.05, 0) is 36.5 Å². The lowest BCUT2D eigenvalue weighted by Crippen LogP contribution is -2.34. The zero-order chi connectivity index (χ0) is 17.0. The molecule has 4 nitrogen and oxygen atoms in total. The average molecular weight is 390 g/mol. The van der Waals surface area contributed by atoms with Crippen LogP contribution in [0.5, 0.6) is 5.75 Å². The van der Waals surface area contributed by atoms with Gasteiger partial charge in [0.25, 0.3) is 5.91 Å². The Kier molecular flexibility index (Phi) is 6.07. The maximum atomic E-state index is 12.2. The molecule has 2 aromatic rings. The Hall–Kier alpha value is -1.53. The number of carbonyl (C=O) groups is 1. The van der Waals surface area contributed by atoms with Gasteiger partial charge in [-0.3, -0.25) is 10.1 Å². The second kappa shape index (κ2) is 7.84. The number of hydrogen-bond acceptors (Lipinski definition) is 3. The third-order valence-electron chi connectivity index (χ3n) is 2.84. The number of nitrogens with one attached hydrogen (secondary N) is 2. The van der Waals surface area contributed by atoms with Crippen molar-refractivity contribution < 1.29 is 9.53 Å². The molecule has 0 aliphatic carbocycles. The Bertz CT molecular complexity index is 768. The summed E-state index contributed by atoms with van der Waals surface area (Å²) < 4.78 is 5.14. The number of benzene rings is 2. The van der Waals surface area contributed by atoms with Crippen molar-refractivity contribution >= 4 is 63.7 Å². The number of ether oxygens (including phenoxy) is 1. The molecule has 0 bridgehead atoms. The monoisotopic (exact) mass is 388 g/mol. The number of hydrogen-bond donors (Lipinski definition) is 2. The summed E-state index contributed by atoms with van der Waals surface area (Å²) in [4.78, 5) is 12.2. The number of methoxy groups -OCH3 is 1. The van der Waals surface area contributed by atoms with Crippen molar-refractivity contribution in [3.05, 3.63) is 57.0 Å². The number of anilines is 1. The van der Waals surface area contributed by atoms with Gasteiger partial charge in [-0.15, -0.1) is 0 Å². The van der Waals surface area contributed by atoms with E-state index in [2.05, 4.69) is 10.6 Å². The minimum atomic E-state index is -0.406. The standard InChI is InChI=1S/C15H11Cl3N2O2S/c1-22-13-5-3-2-4-8(13)14(21)20-15(23)19-12-7-10(17)9(16)6-11(12)18/h2-7H,1H3,(H2,19,20,21,23). The molecule has 1 amide bonds. The van der Waals surface area contributed by atoms with Crippen molar-refractivity contribution in [3.8, 4) is 5.75 Å². The van der Waals surface area contributed by atoms with Crippen LogP contribution in [0.4, 0.5) is 5.69 Å². The highest BCUT2D eigenvalue weighted by atomic mass is 35.5. The lowest BCUT2D eigenvalue weighted by Gasteiger charge is -2.13. The summed E-state index contributed by atoms with van der Waals surface area (Å²) in [5, 5.41) is 6.39. The normalized spacial score (nSPS) is 10.1. The molecule has 0 aliphatic heterocycles. The number of para-hydroxylation sites is 1. The fourth-order valence-corrected chi connectivity index (χ4v) is 2.57. The van der Waals surface area contributed by atoms with Crippen LogP contribution in [-0.4, -0.2) is 18.1 Å². The third-order valence-corrected chi connectivity index (χ3v) is 4.08. The molecule has 0 spiro atoms. The van der Waals surface area contributed by atoms with Crippen LogP contribution in [0.3, 0.4) is 0 Å². The molecule has 0 heterocycles. The van der Waals surface area contributed by atoms with Gasteiger partial charge in [0.15, 0.2) is 5.11 Å². The minimum absolute atomic E-state index is 0.0706. The summed E-state index contributed by atoms with van der Waals surface area (Å²) >= 11 is 23.0. The summed E-state index contributed by atoms with van der Waals surface area (Å²) in [5.41, 5.74) is 0.797. The Labute approximate surface area is 153 Å². The zero-order valence-corrected chi connectivity index (χ0v) is 14.9. The lowest BCUT2D eigenvalue weighted by atomic mass is 10.2. The predicted octanol–water partition coefficient (Wildman–Crippen LogP) is 4.78. The first-order valence-corrected chi connectivity index (χ1v) is 7.86. The highest BCUT2D eigenvalue weighted by Gasteiger charge is 2.14. The molecule has 0 aromatic heterocycles. The Morgan fingerprint density at radius 1 is 1.09 bits per heavy atom. The quantitative estimate of drug-likeness (QED) is 0.586. The molecular weight excluding hydrogens is 379 g/mol. The van der Waals surface area contributed by atoms with Gasteiger partial charge in [-0.2, -0.15) is 0 Å². The van der Waals surface area contributed by atoms with Gasteiger partial charge < -0.3 is 10.1 Å². The maximum Gasteiger partial charge on any atom is 0.261 e. The van der Waals surface area contributed by atoms with Crippen molar-refractivity contribution in [1.82, 2.24) is 5.32 Å². The van der Waals surface area contributed by atoms with Crippen molar-refractivity contribution in [1.29, 1.82) is 0 Å². The van der Waals surface area contributed by atoms with E-state index in [4.69, 9.17) is 51.8 Å². The van der Waals surface area contributed by atoms with Crippen LogP contribution in [-0.2, 0) is 0 Å². The van der Waals surface area contributed by atoms with Crippen LogP contribution in [0.25, 0.3) is 0 Å². The minimum Gasteiger partial charge on any atom is -0.496 e. The largest absolute Gasteiger partial charge is 0.496 e. The van der Waals surface area contributed by atoms with Crippen LogP contribution < -0.4 is 15.4 Å². The molecule has 0 fully saturated rings. The van der Waals surface area contributed by atoms with E-state index in [1.165, 1.54) is 19.2 Å². The van der Waals surface area contributed by atoms with Crippen LogP contribution >= 0.6 is 47.0 Å². The highest BCUT2D eigenvalue weighted by Crippen LogP contribution is 2.32. The van der Waals surface area contributed by atoms with E-state index < -0.39 is 5.91 Å². The average Bonchev–Trinajstić information content (AvgIpc) is 2.52. The fraction of sp³-hybridized carbons (Fsp3) is 0.0667. The van der Waals surface area contributed by atoms with Gasteiger partial charge in [-0.25, -0.2) is 0 Å². The van der Waals surface area contributed by atoms with Gasteiger partial charge in [-0.1, -0.05) is 46.9 Å². The van der Waals surface area contributed by atoms with Gasteiger partial charge in [0.1, 0.15) is 5.75 Å². The second-order valence-corrected chi connectivity index (χ2v) is 5.98. The molecular formula is C15H11Cl3N2O2S. The summed E-state index contributed by atoms with van der Waals surface area (Å²) in [6.45, 7) is 0. The van der Waals surface area contributed by atoms with Crippen LogP contribution in [0.15, 0.2) is 36.4 Å². The van der Waals surface area contributed by atoms with E-state index in [9.17, 15) is 4.79 Å². The van der Waals surface area contributed by atoms with Gasteiger partial charge >= 0.3 is 0 Å². The van der Waals surface area contributed by atoms with E-state index in [1.54, 1.807) is 24.3 Å². The molecule has 23 heavy (non-hydrogen) atoms. The molecule has 0 saturated heterocycles. The Balaban J connectivity index is 2.11. The number of halogens is 3. The zero-order valence-electron chi connectivity index (χ0n) is 11.8. The fourth-order valence-electron chi connectivity index (χ4n) is 1.77. The molecule has 0 saturated carbocycles. The second-order valence-electron chi connectivity index (χ2n) is 4.35. The van der Waals surface area contributed by atoms with Gasteiger partial charge in [0.2, 0.25) is 0 Å². The smallest absolute Gasteiger partial charge is 0.261 e. The van der Waals surface area contributed by atoms with Crippen molar-refractivity contribution in [2.24, 2.45) is 0 Å². The number of carbonyl (C=O) groups excluding carboxylic acids is 1. The van der Waals surface area contributed by atoms with E-state index in [1.807, 2.05) is 0 Å². The Morgan fingerprint density at radius 3 is 2.43 bits per heavy atom. The van der Waals surface area contributed by atoms with E-state index in [0.717, 1.165) is 0 Å². The molecule has 120 valence electrons. The summed E-state index contributed by atoms with van der Waals surface area (Å²) in [5.74, 6) is 0.0384. The molecule has 8 heteroatoms. The predicted molar refractivity (Wildman–Crippen MR) is 98.2 cm³/mol. The van der Waals surface area contributed by atoms with Crippen molar-refractivity contribution in [2.45, 2.75) is 0 Å². The first-order chi connectivity index (χ1) is 10.9. The van der Waals surface area contributed by atoms with E-state index in [-0.39, 0.29) is 5.11 Å². The molecule has 2 N–H and O–H groups in total. The number of amides is 1. The topological polar surface area (TPSA) is 50.4 Å². The van der Waals surface area contributed by atoms with Gasteiger partial charge in [0.05, 0.1) is 33.4 Å². The SMILES string of the molecule is COc1ccccc1C(=O)NC(=S)Nc1cc(Cl)c(Cl)cc1Cl. The van der Waals surface area contributed by atoms with Gasteiger partial charge in [0, 0.05) is 0 Å². The maximum absolute atomic E-state index is 12.2. The lowest BCUT2D eigenvalue weighted by molar-refractivity contribution is 0.0975. The molecule has 2 aromatic carbocycles. The molecule has 0 unspecified atom stereocenters. The number of thiocarbonyl (C=S) groups is 1. The van der Waals surface area contributed by atoms with E-state index in [0.29, 0.717) is 32.1 Å². The first kappa shape index (κ1) is 17.8. The molecule has 0 radical (unpaired) electrons. The van der Waals surface area contributed by atoms with Crippen molar-refractivity contribution in [3.63, 3.8) is 0 Å². The summed E-state index contributed by atoms with van der Waals surface area (Å²) in [6.07, 6.45) is 0. The highest BCUT2D eigenvalue weighted by molar-refractivity contribution is 7.80. The Morgan fingerprint density at radius 2 is 1.74 bits per heavy atom. The van der Waals surface area contributed by atoms with E-state index >= 15 is 0 Å². The molecule has 0 atom stereocenters. The summed E-state index contributed by atoms with van der Waals surface area (Å²) in [7, 11) is 1.48. The van der Waals surface area contributed by atoms with Crippen LogP contribution in [0.2, 0.25) is 15.1 Å². The summed E-state index contributed by atoms with van der Waals surface area (Å²) in [6, 6.07) is 9.81. The third kappa shape index (κ3) is 4.48. The number of rotatable bonds is 3. The molecule has 0 aliphatic rings. The molecule has 2 rings (SSSR count). The van der Waals surface area contributed by atoms with Crippen molar-refractivity contribution in [2.75, 3.05) is 12.4 Å². The van der Waals surface area contributed by atoms with Crippen LogP contribution in [0, 0.1) is 0 Å².